The molecule has 0 saturated heterocycles. The molecule has 0 spiro atoms. The van der Waals surface area contributed by atoms with Crippen molar-refractivity contribution >= 4 is 29.1 Å². The van der Waals surface area contributed by atoms with E-state index in [4.69, 9.17) is 28.0 Å². The van der Waals surface area contributed by atoms with Gasteiger partial charge in [-0.05, 0) is 36.4 Å². The fourth-order valence-electron chi connectivity index (χ4n) is 3.51. The minimum Gasteiger partial charge on any atom is -0.275 e. The van der Waals surface area contributed by atoms with Gasteiger partial charge >= 0.3 is 17.8 Å². The number of alkyl halides is 3. The van der Waals surface area contributed by atoms with Crippen molar-refractivity contribution in [1.82, 2.24) is 34.2 Å². The third-order valence-electron chi connectivity index (χ3n) is 5.42. The Morgan fingerprint density at radius 2 is 1.76 bits per heavy atom. The van der Waals surface area contributed by atoms with E-state index in [0.717, 1.165) is 14.3 Å². The Morgan fingerprint density at radius 3 is 2.39 bits per heavy atom. The van der Waals surface area contributed by atoms with Gasteiger partial charge in [-0.1, -0.05) is 35.3 Å². The second-order valence-electron chi connectivity index (χ2n) is 7.99. The van der Waals surface area contributed by atoms with E-state index in [0.29, 0.717) is 16.3 Å². The molecule has 4 aromatic rings. The second kappa shape index (κ2) is 11.0. The summed E-state index contributed by atoms with van der Waals surface area (Å²) < 4.78 is 42.0. The quantitative estimate of drug-likeness (QED) is 0.294. The number of carbonyl (C=O) groups excluding carboxylic acids is 1. The highest BCUT2D eigenvalue weighted by Gasteiger charge is 2.29. The van der Waals surface area contributed by atoms with Gasteiger partial charge < -0.3 is 0 Å². The van der Waals surface area contributed by atoms with Gasteiger partial charge in [-0.15, -0.1) is 10.2 Å². The standard InChI is InChI=1S/C23H20Cl2F3N7O3/c1-32(38-2)21(36)20-29-18(30-35(20)17-6-4-3-5-16(17)25)13-34-22(37)33(12-11-23(26,27)28)19(31-34)14-7-9-15(24)10-8-14/h3-10H,11-13H2,1-2H3. The van der Waals surface area contributed by atoms with Gasteiger partial charge in [-0.25, -0.2) is 24.2 Å². The summed E-state index contributed by atoms with van der Waals surface area (Å²) in [4.78, 5) is 35.3. The van der Waals surface area contributed by atoms with E-state index in [2.05, 4.69) is 15.2 Å². The Hall–Kier alpha value is -3.68. The van der Waals surface area contributed by atoms with Crippen molar-refractivity contribution in [2.45, 2.75) is 25.7 Å². The second-order valence-corrected chi connectivity index (χ2v) is 8.83. The molecule has 15 heteroatoms. The number of hydroxylamine groups is 2. The molecular weight excluding hydrogens is 550 g/mol. The molecule has 1 amide bonds. The molecule has 0 radical (unpaired) electrons. The topological polar surface area (TPSA) is 100 Å². The summed E-state index contributed by atoms with van der Waals surface area (Å²) in [5.41, 5.74) is -0.0829. The zero-order chi connectivity index (χ0) is 27.6. The third-order valence-corrected chi connectivity index (χ3v) is 5.99. The first-order valence-corrected chi connectivity index (χ1v) is 11.8. The van der Waals surface area contributed by atoms with Gasteiger partial charge in [0.05, 0.1) is 24.2 Å². The lowest BCUT2D eigenvalue weighted by Crippen LogP contribution is -2.28. The number of hydrogen-bond acceptors (Lipinski definition) is 6. The minimum atomic E-state index is -4.49. The van der Waals surface area contributed by atoms with Gasteiger partial charge in [0.1, 0.15) is 6.54 Å². The van der Waals surface area contributed by atoms with Crippen molar-refractivity contribution in [3.05, 3.63) is 80.7 Å². The van der Waals surface area contributed by atoms with Crippen molar-refractivity contribution in [2.24, 2.45) is 0 Å². The van der Waals surface area contributed by atoms with E-state index >= 15 is 0 Å². The maximum atomic E-state index is 13.1. The number of rotatable bonds is 8. The number of amides is 1. The summed E-state index contributed by atoms with van der Waals surface area (Å²) in [5.74, 6) is -0.823. The highest BCUT2D eigenvalue weighted by Crippen LogP contribution is 2.24. The lowest BCUT2D eigenvalue weighted by atomic mass is 10.2. The average molecular weight is 570 g/mol. The summed E-state index contributed by atoms with van der Waals surface area (Å²) in [7, 11) is 2.67. The van der Waals surface area contributed by atoms with Gasteiger partial charge in [0.15, 0.2) is 11.6 Å². The van der Waals surface area contributed by atoms with Crippen molar-refractivity contribution in [3.8, 4) is 17.1 Å². The van der Waals surface area contributed by atoms with Crippen LogP contribution in [0.4, 0.5) is 13.2 Å². The summed E-state index contributed by atoms with van der Waals surface area (Å²) in [5, 5.41) is 10.2. The highest BCUT2D eigenvalue weighted by atomic mass is 35.5. The van der Waals surface area contributed by atoms with Crippen molar-refractivity contribution in [1.29, 1.82) is 0 Å². The normalized spacial score (nSPS) is 11.7. The summed E-state index contributed by atoms with van der Waals surface area (Å²) in [6.45, 7) is -0.989. The highest BCUT2D eigenvalue weighted by molar-refractivity contribution is 6.32. The third kappa shape index (κ3) is 5.90. The zero-order valence-electron chi connectivity index (χ0n) is 20.0. The lowest BCUT2D eigenvalue weighted by molar-refractivity contribution is -0.136. The van der Waals surface area contributed by atoms with Crippen LogP contribution in [-0.4, -0.2) is 60.4 Å². The molecule has 0 bridgehead atoms. The molecule has 4 rings (SSSR count). The number of hydrogen-bond donors (Lipinski definition) is 0. The molecule has 0 atom stereocenters. The molecule has 2 aromatic heterocycles. The monoisotopic (exact) mass is 569 g/mol. The van der Waals surface area contributed by atoms with Gasteiger partial charge in [0, 0.05) is 24.2 Å². The van der Waals surface area contributed by atoms with Crippen LogP contribution in [0.1, 0.15) is 22.9 Å². The molecule has 0 saturated carbocycles. The van der Waals surface area contributed by atoms with E-state index in [1.165, 1.54) is 31.0 Å². The Morgan fingerprint density at radius 1 is 1.08 bits per heavy atom. The van der Waals surface area contributed by atoms with Crippen LogP contribution >= 0.6 is 23.2 Å². The Labute approximate surface area is 223 Å². The number of para-hydroxylation sites is 1. The number of nitrogens with zero attached hydrogens (tertiary/aromatic N) is 7. The molecule has 0 aliphatic rings. The SMILES string of the molecule is CON(C)C(=O)c1nc(Cn2nc(-c3ccc(Cl)cc3)n(CCC(F)(F)F)c2=O)nn1-c1ccccc1Cl. The first kappa shape index (κ1) is 27.4. The minimum absolute atomic E-state index is 0.0110. The van der Waals surface area contributed by atoms with E-state index < -0.39 is 30.7 Å². The van der Waals surface area contributed by atoms with Crippen molar-refractivity contribution in [2.75, 3.05) is 14.2 Å². The molecular formula is C23H20Cl2F3N7O3. The first-order valence-electron chi connectivity index (χ1n) is 11.0. The number of benzene rings is 2. The van der Waals surface area contributed by atoms with Crippen LogP contribution in [0, 0.1) is 0 Å². The van der Waals surface area contributed by atoms with Crippen LogP contribution in [-0.2, 0) is 17.9 Å². The molecule has 10 nitrogen and oxygen atoms in total. The van der Waals surface area contributed by atoms with Gasteiger partial charge in [0.2, 0.25) is 5.82 Å². The van der Waals surface area contributed by atoms with Crippen LogP contribution < -0.4 is 5.69 Å². The van der Waals surface area contributed by atoms with Crippen molar-refractivity contribution < 1.29 is 22.8 Å². The van der Waals surface area contributed by atoms with E-state index in [9.17, 15) is 22.8 Å². The number of carbonyl (C=O) groups is 1. The molecule has 0 aliphatic carbocycles. The molecule has 2 aromatic carbocycles. The van der Waals surface area contributed by atoms with Crippen LogP contribution in [0.15, 0.2) is 53.3 Å². The van der Waals surface area contributed by atoms with E-state index in [1.807, 2.05) is 0 Å². The summed E-state index contributed by atoms with van der Waals surface area (Å²) >= 11 is 12.2. The van der Waals surface area contributed by atoms with Crippen LogP contribution in [0.25, 0.3) is 17.1 Å². The fourth-order valence-corrected chi connectivity index (χ4v) is 3.85. The summed E-state index contributed by atoms with van der Waals surface area (Å²) in [6, 6.07) is 12.7. The predicted molar refractivity (Wildman–Crippen MR) is 132 cm³/mol. The molecule has 0 aliphatic heterocycles. The van der Waals surface area contributed by atoms with Crippen LogP contribution in [0.2, 0.25) is 10.0 Å². The van der Waals surface area contributed by atoms with Crippen LogP contribution in [0.5, 0.6) is 0 Å². The summed E-state index contributed by atoms with van der Waals surface area (Å²) in [6.07, 6.45) is -5.72. The largest absolute Gasteiger partial charge is 0.390 e. The molecule has 0 fully saturated rings. The molecule has 2 heterocycles. The van der Waals surface area contributed by atoms with E-state index in [1.54, 1.807) is 36.4 Å². The molecule has 0 unspecified atom stereocenters. The fraction of sp³-hybridized carbons (Fsp3) is 0.261. The zero-order valence-corrected chi connectivity index (χ0v) is 21.5. The Bertz CT molecular complexity index is 1510. The Kier molecular flexibility index (Phi) is 7.90. The first-order chi connectivity index (χ1) is 18.0. The maximum Gasteiger partial charge on any atom is 0.390 e. The van der Waals surface area contributed by atoms with E-state index in [-0.39, 0.29) is 29.0 Å². The van der Waals surface area contributed by atoms with Gasteiger partial charge in [0.25, 0.3) is 0 Å². The smallest absolute Gasteiger partial charge is 0.275 e. The van der Waals surface area contributed by atoms with Gasteiger partial charge in [-0.3, -0.25) is 14.2 Å². The molecule has 0 N–H and O–H groups in total. The number of halogens is 5. The van der Waals surface area contributed by atoms with Crippen LogP contribution in [0.3, 0.4) is 0 Å². The Balaban J connectivity index is 1.78. The predicted octanol–water partition coefficient (Wildman–Crippen LogP) is 4.23. The lowest BCUT2D eigenvalue weighted by Gasteiger charge is -2.13. The molecule has 38 heavy (non-hydrogen) atoms. The maximum absolute atomic E-state index is 13.1. The van der Waals surface area contributed by atoms with Crippen molar-refractivity contribution in [3.63, 3.8) is 0 Å². The number of aromatic nitrogens is 6. The average Bonchev–Trinajstić information content (AvgIpc) is 3.43. The molecule has 200 valence electrons. The van der Waals surface area contributed by atoms with Gasteiger partial charge in [-0.2, -0.15) is 13.2 Å².